The number of carbonyl (C=O) groups is 2. The molecule has 2 amide bonds. The first-order valence-corrected chi connectivity index (χ1v) is 8.72. The third-order valence-electron chi connectivity index (χ3n) is 4.77. The van der Waals surface area contributed by atoms with E-state index in [0.717, 1.165) is 21.9 Å². The van der Waals surface area contributed by atoms with Gasteiger partial charge in [-0.05, 0) is 28.3 Å². The lowest BCUT2D eigenvalue weighted by Gasteiger charge is -2.20. The fourth-order valence-corrected chi connectivity index (χ4v) is 3.50. The molecule has 0 aromatic heterocycles. The number of amides is 2. The third-order valence-corrected chi connectivity index (χ3v) is 4.77. The molecule has 4 nitrogen and oxygen atoms in total. The molecule has 1 saturated heterocycles. The first-order chi connectivity index (χ1) is 12.7. The molecule has 0 N–H and O–H groups in total. The highest BCUT2D eigenvalue weighted by Crippen LogP contribution is 2.22. The summed E-state index contributed by atoms with van der Waals surface area (Å²) in [6.07, 6.45) is 0.242. The molecule has 3 aromatic rings. The van der Waals surface area contributed by atoms with Gasteiger partial charge in [0.1, 0.15) is 6.61 Å². The average molecular weight is 345 g/mol. The van der Waals surface area contributed by atoms with Crippen LogP contribution in [0.5, 0.6) is 0 Å². The molecular formula is C22H19NO3. The molecule has 0 radical (unpaired) electrons. The summed E-state index contributed by atoms with van der Waals surface area (Å²) in [6.45, 7) is 0.245. The molecule has 1 atom stereocenters. The van der Waals surface area contributed by atoms with Crippen molar-refractivity contribution in [3.63, 3.8) is 0 Å². The number of hydrogen-bond acceptors (Lipinski definition) is 3. The number of ether oxygens (including phenoxy) is 1. The Labute approximate surface area is 152 Å². The molecule has 26 heavy (non-hydrogen) atoms. The highest BCUT2D eigenvalue weighted by Gasteiger charge is 2.37. The van der Waals surface area contributed by atoms with Gasteiger partial charge in [0.15, 0.2) is 0 Å². The summed E-state index contributed by atoms with van der Waals surface area (Å²) >= 11 is 0. The van der Waals surface area contributed by atoms with Gasteiger partial charge in [-0.15, -0.1) is 0 Å². The van der Waals surface area contributed by atoms with Gasteiger partial charge in [0.2, 0.25) is 5.91 Å². The molecule has 1 aliphatic rings. The largest absolute Gasteiger partial charge is 0.447 e. The van der Waals surface area contributed by atoms with Crippen molar-refractivity contribution in [3.8, 4) is 0 Å². The maximum atomic E-state index is 12.9. The van der Waals surface area contributed by atoms with Gasteiger partial charge in [-0.1, -0.05) is 72.8 Å². The first kappa shape index (κ1) is 16.3. The maximum Gasteiger partial charge on any atom is 0.416 e. The number of nitrogens with zero attached hydrogens (tertiary/aromatic N) is 1. The highest BCUT2D eigenvalue weighted by molar-refractivity contribution is 5.97. The zero-order chi connectivity index (χ0) is 17.9. The van der Waals surface area contributed by atoms with E-state index in [4.69, 9.17) is 4.74 Å². The zero-order valence-corrected chi connectivity index (χ0v) is 14.3. The van der Waals surface area contributed by atoms with Crippen LogP contribution in [-0.2, 0) is 22.4 Å². The van der Waals surface area contributed by atoms with Gasteiger partial charge in [-0.25, -0.2) is 9.69 Å². The Morgan fingerprint density at radius 1 is 0.962 bits per heavy atom. The van der Waals surface area contributed by atoms with E-state index in [0.29, 0.717) is 6.42 Å². The van der Waals surface area contributed by atoms with Crippen molar-refractivity contribution in [2.75, 3.05) is 6.61 Å². The van der Waals surface area contributed by atoms with Crippen molar-refractivity contribution in [1.82, 2.24) is 4.90 Å². The van der Waals surface area contributed by atoms with Crippen LogP contribution in [0.15, 0.2) is 72.8 Å². The Kier molecular flexibility index (Phi) is 4.40. The van der Waals surface area contributed by atoms with Crippen molar-refractivity contribution in [1.29, 1.82) is 0 Å². The number of hydrogen-bond donors (Lipinski definition) is 0. The first-order valence-electron chi connectivity index (χ1n) is 8.72. The third kappa shape index (κ3) is 3.18. The van der Waals surface area contributed by atoms with Gasteiger partial charge < -0.3 is 4.74 Å². The average Bonchev–Trinajstić information content (AvgIpc) is 3.03. The normalized spacial score (nSPS) is 16.7. The van der Waals surface area contributed by atoms with Crippen LogP contribution in [0.2, 0.25) is 0 Å². The summed E-state index contributed by atoms with van der Waals surface area (Å²) in [5, 5.41) is 2.12. The van der Waals surface area contributed by atoms with Crippen LogP contribution in [0.25, 0.3) is 10.8 Å². The smallest absolute Gasteiger partial charge is 0.416 e. The van der Waals surface area contributed by atoms with Gasteiger partial charge in [-0.2, -0.15) is 0 Å². The molecule has 4 rings (SSSR count). The Morgan fingerprint density at radius 2 is 1.69 bits per heavy atom. The number of imide groups is 1. The predicted octanol–water partition coefficient (Wildman–Crippen LogP) is 3.97. The lowest BCUT2D eigenvalue weighted by atomic mass is 10.0. The van der Waals surface area contributed by atoms with Crippen LogP contribution < -0.4 is 0 Å². The molecule has 1 fully saturated rings. The summed E-state index contributed by atoms with van der Waals surface area (Å²) in [5.41, 5.74) is 2.00. The summed E-state index contributed by atoms with van der Waals surface area (Å²) in [4.78, 5) is 26.3. The van der Waals surface area contributed by atoms with Crippen molar-refractivity contribution >= 4 is 22.8 Å². The van der Waals surface area contributed by atoms with Crippen LogP contribution in [0.3, 0.4) is 0 Å². The second-order valence-electron chi connectivity index (χ2n) is 6.50. The highest BCUT2D eigenvalue weighted by atomic mass is 16.6. The number of carbonyl (C=O) groups excluding carboxylic acids is 2. The summed E-state index contributed by atoms with van der Waals surface area (Å²) in [7, 11) is 0. The Hall–Kier alpha value is -3.14. The lowest BCUT2D eigenvalue weighted by molar-refractivity contribution is -0.128. The van der Waals surface area contributed by atoms with Gasteiger partial charge in [0.05, 0.1) is 12.5 Å². The summed E-state index contributed by atoms with van der Waals surface area (Å²) in [6, 6.07) is 23.4. The maximum absolute atomic E-state index is 12.9. The molecule has 3 aromatic carbocycles. The fourth-order valence-electron chi connectivity index (χ4n) is 3.50. The SMILES string of the molecule is O=C(Cc1cccc2ccccc12)N1C(=O)OC[C@@H]1Cc1ccccc1. The minimum Gasteiger partial charge on any atom is -0.447 e. The van der Waals surface area contributed by atoms with Gasteiger partial charge in [-0.3, -0.25) is 4.79 Å². The lowest BCUT2D eigenvalue weighted by Crippen LogP contribution is -2.41. The number of cyclic esters (lactones) is 1. The minimum atomic E-state index is -0.545. The van der Waals surface area contributed by atoms with Crippen LogP contribution in [0.4, 0.5) is 4.79 Å². The van der Waals surface area contributed by atoms with E-state index < -0.39 is 6.09 Å². The van der Waals surface area contributed by atoms with E-state index in [1.165, 1.54) is 4.90 Å². The number of benzene rings is 3. The van der Waals surface area contributed by atoms with E-state index in [1.807, 2.05) is 72.8 Å². The van der Waals surface area contributed by atoms with Crippen molar-refractivity contribution in [3.05, 3.63) is 83.9 Å². The van der Waals surface area contributed by atoms with E-state index in [9.17, 15) is 9.59 Å². The van der Waals surface area contributed by atoms with Gasteiger partial charge in [0.25, 0.3) is 0 Å². The second kappa shape index (κ2) is 7.00. The molecule has 130 valence electrons. The quantitative estimate of drug-likeness (QED) is 0.719. The van der Waals surface area contributed by atoms with E-state index >= 15 is 0 Å². The van der Waals surface area contributed by atoms with E-state index in [1.54, 1.807) is 0 Å². The molecule has 0 spiro atoms. The Bertz CT molecular complexity index is 947. The van der Waals surface area contributed by atoms with Crippen LogP contribution in [-0.4, -0.2) is 29.5 Å². The molecule has 0 unspecified atom stereocenters. The molecule has 0 bridgehead atoms. The molecule has 0 aliphatic carbocycles. The standard InChI is InChI=1S/C22H19NO3/c24-21(14-18-11-6-10-17-9-4-5-12-20(17)18)23-19(15-26-22(23)25)13-16-7-2-1-3-8-16/h1-12,19H,13-15H2/t19-/m0/s1. The number of fused-ring (bicyclic) bond motifs is 1. The Balaban J connectivity index is 1.56. The topological polar surface area (TPSA) is 46.6 Å². The van der Waals surface area contributed by atoms with Crippen molar-refractivity contribution < 1.29 is 14.3 Å². The second-order valence-corrected chi connectivity index (χ2v) is 6.50. The van der Waals surface area contributed by atoms with Crippen molar-refractivity contribution in [2.45, 2.75) is 18.9 Å². The monoisotopic (exact) mass is 345 g/mol. The van der Waals surface area contributed by atoms with Crippen molar-refractivity contribution in [2.24, 2.45) is 0 Å². The molecule has 0 saturated carbocycles. The zero-order valence-electron chi connectivity index (χ0n) is 14.3. The van der Waals surface area contributed by atoms with Crippen LogP contribution in [0.1, 0.15) is 11.1 Å². The number of rotatable bonds is 4. The summed E-state index contributed by atoms with van der Waals surface area (Å²) < 4.78 is 5.16. The molecule has 1 heterocycles. The minimum absolute atomic E-state index is 0.182. The molecule has 1 aliphatic heterocycles. The Morgan fingerprint density at radius 3 is 2.54 bits per heavy atom. The molecule has 4 heteroatoms. The van der Waals surface area contributed by atoms with E-state index in [2.05, 4.69) is 0 Å². The fraction of sp³-hybridized carbons (Fsp3) is 0.182. The molecular weight excluding hydrogens is 326 g/mol. The summed E-state index contributed by atoms with van der Waals surface area (Å²) in [5.74, 6) is -0.218. The van der Waals surface area contributed by atoms with E-state index in [-0.39, 0.29) is 25.0 Å². The predicted molar refractivity (Wildman–Crippen MR) is 99.8 cm³/mol. The van der Waals surface area contributed by atoms with Gasteiger partial charge in [0, 0.05) is 0 Å². The van der Waals surface area contributed by atoms with Crippen LogP contribution >= 0.6 is 0 Å². The van der Waals surface area contributed by atoms with Gasteiger partial charge >= 0.3 is 6.09 Å². The van der Waals surface area contributed by atoms with Crippen LogP contribution in [0, 0.1) is 0 Å².